The second-order valence-corrected chi connectivity index (χ2v) is 8.70. The molecule has 160 valence electrons. The average molecular weight is 423 g/mol. The first kappa shape index (κ1) is 18.9. The third kappa shape index (κ3) is 2.79. The zero-order valence-corrected chi connectivity index (χ0v) is 17.9. The maximum Gasteiger partial charge on any atom is 0.220 e. The molecule has 0 saturated heterocycles. The second kappa shape index (κ2) is 7.12. The van der Waals surface area contributed by atoms with Crippen LogP contribution in [0.1, 0.15) is 32.1 Å². The first-order valence-corrected chi connectivity index (χ1v) is 11.2. The van der Waals surface area contributed by atoms with Crippen LogP contribution in [-0.2, 0) is 0 Å². The number of fused-ring (bicyclic) bond motifs is 3. The monoisotopic (exact) mass is 422 g/mol. The van der Waals surface area contributed by atoms with Crippen molar-refractivity contribution in [2.24, 2.45) is 21.5 Å². The summed E-state index contributed by atoms with van der Waals surface area (Å²) < 4.78 is 2.31. The molecule has 0 bridgehead atoms. The van der Waals surface area contributed by atoms with Gasteiger partial charge < -0.3 is 16.0 Å². The standard InChI is InChI=1S/C26H26N6/c27-24-29-25(28)32(26(30-24)16-6-1-7-17-26)19-14-12-18(13-15-19)31-22-10-4-2-8-20(22)21-9-3-5-11-23(21)31/h2-5,8-15H,1,6-7,16-17H2,(H4,27,28,29,30). The maximum atomic E-state index is 6.40. The molecule has 1 aromatic heterocycles. The Kier molecular flexibility index (Phi) is 4.21. The topological polar surface area (TPSA) is 84.9 Å². The lowest BCUT2D eigenvalue weighted by Crippen LogP contribution is -2.58. The van der Waals surface area contributed by atoms with Crippen LogP contribution in [0.5, 0.6) is 0 Å². The number of rotatable bonds is 2. The van der Waals surface area contributed by atoms with Crippen LogP contribution in [0.4, 0.5) is 5.69 Å². The normalized spacial score (nSPS) is 18.2. The SMILES string of the molecule is NC1=NC2(CCCCC2)N(c2ccc(-n3c4ccccc4c4ccccc43)cc2)C(N)=N1. The summed E-state index contributed by atoms with van der Waals surface area (Å²) in [5, 5.41) is 2.51. The summed E-state index contributed by atoms with van der Waals surface area (Å²) in [5.74, 6) is 0.701. The molecule has 1 fully saturated rings. The van der Waals surface area contributed by atoms with E-state index in [0.29, 0.717) is 5.96 Å². The average Bonchev–Trinajstić information content (AvgIpc) is 3.14. The molecule has 1 aliphatic heterocycles. The van der Waals surface area contributed by atoms with Crippen molar-refractivity contribution >= 4 is 39.4 Å². The highest BCUT2D eigenvalue weighted by Crippen LogP contribution is 2.40. The number of hydrogen-bond donors (Lipinski definition) is 2. The predicted octanol–water partition coefficient (Wildman–Crippen LogP) is 4.89. The van der Waals surface area contributed by atoms with E-state index in [1.807, 2.05) is 0 Å². The highest BCUT2D eigenvalue weighted by Gasteiger charge is 2.42. The quantitative estimate of drug-likeness (QED) is 0.482. The molecule has 1 aliphatic carbocycles. The Morgan fingerprint density at radius 3 is 1.88 bits per heavy atom. The number of aromatic nitrogens is 1. The van der Waals surface area contributed by atoms with E-state index in [2.05, 4.69) is 87.3 Å². The predicted molar refractivity (Wildman–Crippen MR) is 132 cm³/mol. The minimum atomic E-state index is -0.428. The maximum absolute atomic E-state index is 6.40. The number of benzene rings is 3. The molecule has 3 aromatic carbocycles. The fourth-order valence-electron chi connectivity index (χ4n) is 5.45. The number of nitrogens with two attached hydrogens (primary N) is 2. The van der Waals surface area contributed by atoms with E-state index < -0.39 is 5.66 Å². The Balaban J connectivity index is 1.47. The summed E-state index contributed by atoms with van der Waals surface area (Å²) in [6, 6.07) is 25.6. The van der Waals surface area contributed by atoms with Crippen molar-refractivity contribution in [2.75, 3.05) is 4.90 Å². The largest absolute Gasteiger partial charge is 0.369 e. The molecule has 1 spiro atoms. The third-order valence-electron chi connectivity index (χ3n) is 6.80. The van der Waals surface area contributed by atoms with Gasteiger partial charge in [-0.15, -0.1) is 0 Å². The van der Waals surface area contributed by atoms with Gasteiger partial charge in [-0.2, -0.15) is 4.99 Å². The molecule has 6 heteroatoms. The smallest absolute Gasteiger partial charge is 0.220 e. The lowest BCUT2D eigenvalue weighted by Gasteiger charge is -2.45. The van der Waals surface area contributed by atoms with Gasteiger partial charge in [0.15, 0.2) is 0 Å². The molecule has 0 radical (unpaired) electrons. The number of para-hydroxylation sites is 2. The number of guanidine groups is 2. The Hall–Kier alpha value is -3.80. The number of aliphatic imine (C=N–C) groups is 2. The molecule has 32 heavy (non-hydrogen) atoms. The van der Waals surface area contributed by atoms with Gasteiger partial charge >= 0.3 is 0 Å². The molecule has 2 aliphatic rings. The van der Waals surface area contributed by atoms with Gasteiger partial charge in [0, 0.05) is 22.1 Å². The Morgan fingerprint density at radius 1 is 0.688 bits per heavy atom. The van der Waals surface area contributed by atoms with Gasteiger partial charge in [-0.25, -0.2) is 4.99 Å². The van der Waals surface area contributed by atoms with E-state index in [9.17, 15) is 0 Å². The van der Waals surface area contributed by atoms with Crippen molar-refractivity contribution in [2.45, 2.75) is 37.8 Å². The number of hydrogen-bond acceptors (Lipinski definition) is 5. The summed E-state index contributed by atoms with van der Waals surface area (Å²) >= 11 is 0. The number of anilines is 1. The number of nitrogens with zero attached hydrogens (tertiary/aromatic N) is 4. The molecular weight excluding hydrogens is 396 g/mol. The van der Waals surface area contributed by atoms with Gasteiger partial charge in [-0.1, -0.05) is 42.8 Å². The molecule has 1 saturated carbocycles. The van der Waals surface area contributed by atoms with Crippen LogP contribution in [0.25, 0.3) is 27.5 Å². The van der Waals surface area contributed by atoms with Crippen LogP contribution in [0.15, 0.2) is 82.8 Å². The molecule has 6 nitrogen and oxygen atoms in total. The minimum absolute atomic E-state index is 0.280. The van der Waals surface area contributed by atoms with Gasteiger partial charge in [-0.3, -0.25) is 4.90 Å². The summed E-state index contributed by atoms with van der Waals surface area (Å²) in [6.45, 7) is 0. The van der Waals surface area contributed by atoms with E-state index in [1.165, 1.54) is 28.2 Å². The second-order valence-electron chi connectivity index (χ2n) is 8.70. The highest BCUT2D eigenvalue weighted by atomic mass is 15.4. The molecule has 2 heterocycles. The van der Waals surface area contributed by atoms with E-state index in [-0.39, 0.29) is 5.96 Å². The first-order chi connectivity index (χ1) is 15.7. The molecule has 0 amide bonds. The summed E-state index contributed by atoms with van der Waals surface area (Å²) in [5.41, 5.74) is 16.5. The summed E-state index contributed by atoms with van der Waals surface area (Å²) in [7, 11) is 0. The fraction of sp³-hybridized carbons (Fsp3) is 0.231. The van der Waals surface area contributed by atoms with E-state index in [1.54, 1.807) is 0 Å². The van der Waals surface area contributed by atoms with Crippen molar-refractivity contribution in [3.8, 4) is 5.69 Å². The lowest BCUT2D eigenvalue weighted by atomic mass is 9.87. The summed E-state index contributed by atoms with van der Waals surface area (Å²) in [4.78, 5) is 11.2. The van der Waals surface area contributed by atoms with Crippen molar-refractivity contribution in [1.82, 2.24) is 4.57 Å². The van der Waals surface area contributed by atoms with Crippen LogP contribution in [-0.4, -0.2) is 22.1 Å². The third-order valence-corrected chi connectivity index (χ3v) is 6.80. The van der Waals surface area contributed by atoms with E-state index in [4.69, 9.17) is 16.5 Å². The Morgan fingerprint density at radius 2 is 1.25 bits per heavy atom. The van der Waals surface area contributed by atoms with Crippen LogP contribution in [0.3, 0.4) is 0 Å². The van der Waals surface area contributed by atoms with Gasteiger partial charge in [0.2, 0.25) is 11.9 Å². The molecule has 6 rings (SSSR count). The van der Waals surface area contributed by atoms with Crippen LogP contribution in [0.2, 0.25) is 0 Å². The Labute approximate surface area is 186 Å². The van der Waals surface area contributed by atoms with E-state index in [0.717, 1.165) is 37.1 Å². The molecule has 4 N–H and O–H groups in total. The van der Waals surface area contributed by atoms with Gasteiger partial charge in [0.05, 0.1) is 11.0 Å². The van der Waals surface area contributed by atoms with E-state index >= 15 is 0 Å². The zero-order valence-electron chi connectivity index (χ0n) is 17.9. The van der Waals surface area contributed by atoms with Crippen LogP contribution in [0, 0.1) is 0 Å². The minimum Gasteiger partial charge on any atom is -0.369 e. The molecule has 0 atom stereocenters. The molecule has 4 aromatic rings. The molecular formula is C26H26N6. The first-order valence-electron chi connectivity index (χ1n) is 11.2. The lowest BCUT2D eigenvalue weighted by molar-refractivity contribution is 0.305. The summed E-state index contributed by atoms with van der Waals surface area (Å²) in [6.07, 6.45) is 5.30. The highest BCUT2D eigenvalue weighted by molar-refractivity contribution is 6.09. The van der Waals surface area contributed by atoms with Gasteiger partial charge in [0.25, 0.3) is 0 Å². The zero-order chi connectivity index (χ0) is 21.7. The van der Waals surface area contributed by atoms with Crippen molar-refractivity contribution < 1.29 is 0 Å². The molecule has 0 unspecified atom stereocenters. The van der Waals surface area contributed by atoms with Crippen molar-refractivity contribution in [3.05, 3.63) is 72.8 Å². The Bertz CT molecular complexity index is 1320. The van der Waals surface area contributed by atoms with Crippen molar-refractivity contribution in [1.29, 1.82) is 0 Å². The fourth-order valence-corrected chi connectivity index (χ4v) is 5.45. The van der Waals surface area contributed by atoms with Gasteiger partial charge in [-0.05, 0) is 62.1 Å². The van der Waals surface area contributed by atoms with Crippen LogP contribution >= 0.6 is 0 Å². The van der Waals surface area contributed by atoms with Gasteiger partial charge in [0.1, 0.15) is 5.66 Å². The van der Waals surface area contributed by atoms with Crippen LogP contribution < -0.4 is 16.4 Å². The van der Waals surface area contributed by atoms with Crippen molar-refractivity contribution in [3.63, 3.8) is 0 Å².